The van der Waals surface area contributed by atoms with Gasteiger partial charge in [-0.1, -0.05) is 40.4 Å². The van der Waals surface area contributed by atoms with Gasteiger partial charge in [0.1, 0.15) is 5.82 Å². The Morgan fingerprint density at radius 2 is 2.00 bits per heavy atom. The summed E-state index contributed by atoms with van der Waals surface area (Å²) in [7, 11) is 0. The summed E-state index contributed by atoms with van der Waals surface area (Å²) in [5.41, 5.74) is 1.24. The topological polar surface area (TPSA) is 0 Å². The van der Waals surface area contributed by atoms with Gasteiger partial charge in [0.2, 0.25) is 0 Å². The first-order valence-electron chi connectivity index (χ1n) is 5.65. The van der Waals surface area contributed by atoms with Crippen LogP contribution in [0.5, 0.6) is 0 Å². The first-order chi connectivity index (χ1) is 7.65. The molecule has 0 radical (unpaired) electrons. The van der Waals surface area contributed by atoms with Crippen molar-refractivity contribution in [1.82, 2.24) is 0 Å². The molecule has 0 bridgehead atoms. The standard InChI is InChI=1S/C13H15BrClF/c14-9-13(5-1-2-6-13)8-10-7-11(16)3-4-12(10)15/h3-4,7H,1-2,5-6,8-9H2. The fourth-order valence-corrected chi connectivity index (χ4v) is 3.51. The third-order valence-corrected chi connectivity index (χ3v) is 5.08. The summed E-state index contributed by atoms with van der Waals surface area (Å²) in [4.78, 5) is 0. The van der Waals surface area contributed by atoms with Crippen molar-refractivity contribution >= 4 is 27.5 Å². The Morgan fingerprint density at radius 1 is 1.31 bits per heavy atom. The third-order valence-electron chi connectivity index (χ3n) is 3.52. The molecule has 1 saturated carbocycles. The molecule has 16 heavy (non-hydrogen) atoms. The molecule has 1 aliphatic carbocycles. The van der Waals surface area contributed by atoms with Gasteiger partial charge in [-0.3, -0.25) is 0 Å². The van der Waals surface area contributed by atoms with Crippen LogP contribution < -0.4 is 0 Å². The first-order valence-corrected chi connectivity index (χ1v) is 7.15. The molecule has 0 amide bonds. The lowest BCUT2D eigenvalue weighted by molar-refractivity contribution is 0.346. The zero-order valence-electron chi connectivity index (χ0n) is 9.11. The molecule has 0 nitrogen and oxygen atoms in total. The molecule has 88 valence electrons. The molecule has 0 aromatic heterocycles. The molecule has 0 saturated heterocycles. The highest BCUT2D eigenvalue weighted by molar-refractivity contribution is 9.09. The van der Waals surface area contributed by atoms with Crippen LogP contribution in [0.4, 0.5) is 4.39 Å². The van der Waals surface area contributed by atoms with Crippen molar-refractivity contribution in [2.24, 2.45) is 5.41 Å². The monoisotopic (exact) mass is 304 g/mol. The van der Waals surface area contributed by atoms with Crippen molar-refractivity contribution in [1.29, 1.82) is 0 Å². The fraction of sp³-hybridized carbons (Fsp3) is 0.538. The molecule has 1 aromatic rings. The van der Waals surface area contributed by atoms with Gasteiger partial charge in [0.25, 0.3) is 0 Å². The number of rotatable bonds is 3. The predicted molar refractivity (Wildman–Crippen MR) is 69.8 cm³/mol. The molecule has 0 heterocycles. The number of hydrogen-bond donors (Lipinski definition) is 0. The molecule has 3 heteroatoms. The van der Waals surface area contributed by atoms with Crippen molar-refractivity contribution in [2.75, 3.05) is 5.33 Å². The number of benzene rings is 1. The normalized spacial score (nSPS) is 18.9. The SMILES string of the molecule is Fc1ccc(Cl)c(CC2(CBr)CCCC2)c1. The van der Waals surface area contributed by atoms with Gasteiger partial charge in [-0.2, -0.15) is 0 Å². The van der Waals surface area contributed by atoms with E-state index in [2.05, 4.69) is 15.9 Å². The molecular weight excluding hydrogens is 290 g/mol. The molecule has 2 rings (SSSR count). The van der Waals surface area contributed by atoms with Crippen LogP contribution in [0.25, 0.3) is 0 Å². The van der Waals surface area contributed by atoms with E-state index >= 15 is 0 Å². The van der Waals surface area contributed by atoms with Gasteiger partial charge in [0.05, 0.1) is 0 Å². The van der Waals surface area contributed by atoms with E-state index in [4.69, 9.17) is 11.6 Å². The highest BCUT2D eigenvalue weighted by Crippen LogP contribution is 2.43. The van der Waals surface area contributed by atoms with E-state index in [0.717, 1.165) is 17.3 Å². The first kappa shape index (κ1) is 12.4. The number of alkyl halides is 1. The lowest BCUT2D eigenvalue weighted by atomic mass is 9.82. The predicted octanol–water partition coefficient (Wildman–Crippen LogP) is 4.98. The van der Waals surface area contributed by atoms with Crippen LogP contribution >= 0.6 is 27.5 Å². The molecular formula is C13H15BrClF. The van der Waals surface area contributed by atoms with Crippen LogP contribution in [0.2, 0.25) is 5.02 Å². The van der Waals surface area contributed by atoms with E-state index in [9.17, 15) is 4.39 Å². The van der Waals surface area contributed by atoms with E-state index in [1.54, 1.807) is 12.1 Å². The van der Waals surface area contributed by atoms with Crippen LogP contribution in [-0.4, -0.2) is 5.33 Å². The van der Waals surface area contributed by atoms with E-state index in [0.29, 0.717) is 5.02 Å². The Hall–Kier alpha value is -0.0800. The summed E-state index contributed by atoms with van der Waals surface area (Å²) in [5, 5.41) is 1.67. The molecule has 1 fully saturated rings. The number of hydrogen-bond acceptors (Lipinski definition) is 0. The van der Waals surface area contributed by atoms with Crippen LogP contribution in [0.3, 0.4) is 0 Å². The minimum atomic E-state index is -0.192. The second kappa shape index (κ2) is 5.05. The summed E-state index contributed by atoms with van der Waals surface area (Å²) in [5.74, 6) is -0.192. The maximum Gasteiger partial charge on any atom is 0.123 e. The van der Waals surface area contributed by atoms with Crippen LogP contribution in [0.1, 0.15) is 31.2 Å². The Bertz CT molecular complexity index is 372. The molecule has 1 aliphatic rings. The summed E-state index contributed by atoms with van der Waals surface area (Å²) in [6.07, 6.45) is 5.86. The lowest BCUT2D eigenvalue weighted by Gasteiger charge is -2.27. The van der Waals surface area contributed by atoms with Crippen LogP contribution in [-0.2, 0) is 6.42 Å². The molecule has 1 aromatic carbocycles. The summed E-state index contributed by atoms with van der Waals surface area (Å²) in [6, 6.07) is 4.65. The van der Waals surface area contributed by atoms with Gasteiger partial charge in [-0.15, -0.1) is 0 Å². The smallest absolute Gasteiger partial charge is 0.123 e. The van der Waals surface area contributed by atoms with Gasteiger partial charge < -0.3 is 0 Å². The molecule has 0 atom stereocenters. The van der Waals surface area contributed by atoms with E-state index in [1.807, 2.05) is 0 Å². The maximum atomic E-state index is 13.2. The van der Waals surface area contributed by atoms with E-state index in [1.165, 1.54) is 31.7 Å². The van der Waals surface area contributed by atoms with E-state index in [-0.39, 0.29) is 11.2 Å². The summed E-state index contributed by atoms with van der Waals surface area (Å²) >= 11 is 9.71. The van der Waals surface area contributed by atoms with Gasteiger partial charge in [0.15, 0.2) is 0 Å². The van der Waals surface area contributed by atoms with Crippen LogP contribution in [0, 0.1) is 11.2 Å². The van der Waals surface area contributed by atoms with Gasteiger partial charge >= 0.3 is 0 Å². The Balaban J connectivity index is 2.21. The van der Waals surface area contributed by atoms with Gasteiger partial charge in [-0.05, 0) is 48.4 Å². The highest BCUT2D eigenvalue weighted by Gasteiger charge is 2.33. The Morgan fingerprint density at radius 3 is 2.62 bits per heavy atom. The minimum absolute atomic E-state index is 0.192. The number of halogens is 3. The van der Waals surface area contributed by atoms with Crippen molar-refractivity contribution in [3.63, 3.8) is 0 Å². The minimum Gasteiger partial charge on any atom is -0.207 e. The average Bonchev–Trinajstić information content (AvgIpc) is 2.73. The zero-order chi connectivity index (χ0) is 11.6. The van der Waals surface area contributed by atoms with Crippen molar-refractivity contribution in [3.8, 4) is 0 Å². The molecule has 0 N–H and O–H groups in total. The Kier molecular flexibility index (Phi) is 3.91. The second-order valence-corrected chi connectivity index (χ2v) is 5.72. The highest BCUT2D eigenvalue weighted by atomic mass is 79.9. The van der Waals surface area contributed by atoms with Crippen LogP contribution in [0.15, 0.2) is 18.2 Å². The molecule has 0 aliphatic heterocycles. The average molecular weight is 306 g/mol. The van der Waals surface area contributed by atoms with Gasteiger partial charge in [0, 0.05) is 10.4 Å². The largest absolute Gasteiger partial charge is 0.207 e. The quantitative estimate of drug-likeness (QED) is 0.691. The maximum absolute atomic E-state index is 13.2. The summed E-state index contributed by atoms with van der Waals surface area (Å²) in [6.45, 7) is 0. The fourth-order valence-electron chi connectivity index (χ4n) is 2.57. The zero-order valence-corrected chi connectivity index (χ0v) is 11.5. The second-order valence-electron chi connectivity index (χ2n) is 4.75. The van der Waals surface area contributed by atoms with Crippen molar-refractivity contribution < 1.29 is 4.39 Å². The lowest BCUT2D eigenvalue weighted by Crippen LogP contribution is -2.21. The molecule has 0 unspecified atom stereocenters. The Labute approximate surface area is 109 Å². The van der Waals surface area contributed by atoms with Crippen molar-refractivity contribution in [2.45, 2.75) is 32.1 Å². The summed E-state index contributed by atoms with van der Waals surface area (Å²) < 4.78 is 13.2. The third kappa shape index (κ3) is 2.60. The van der Waals surface area contributed by atoms with Crippen molar-refractivity contribution in [3.05, 3.63) is 34.6 Å². The van der Waals surface area contributed by atoms with E-state index < -0.39 is 0 Å². The van der Waals surface area contributed by atoms with Gasteiger partial charge in [-0.25, -0.2) is 4.39 Å². The molecule has 0 spiro atoms.